The molecule has 1 atom stereocenters. The highest BCUT2D eigenvalue weighted by Crippen LogP contribution is 2.19. The molecule has 0 radical (unpaired) electrons. The molecular formula is C11H17N5O2. The van der Waals surface area contributed by atoms with Gasteiger partial charge in [-0.3, -0.25) is 14.9 Å². The number of hydrogen-bond acceptors (Lipinski definition) is 4. The Morgan fingerprint density at radius 3 is 3.06 bits per heavy atom. The van der Waals surface area contributed by atoms with Gasteiger partial charge in [0.1, 0.15) is 12.4 Å². The van der Waals surface area contributed by atoms with Crippen LogP contribution in [0.1, 0.15) is 32.6 Å². The number of rotatable bonds is 3. The molecule has 0 aromatic carbocycles. The van der Waals surface area contributed by atoms with E-state index < -0.39 is 6.04 Å². The summed E-state index contributed by atoms with van der Waals surface area (Å²) < 4.78 is 0. The fourth-order valence-corrected chi connectivity index (χ4v) is 2.17. The summed E-state index contributed by atoms with van der Waals surface area (Å²) in [6.07, 6.45) is 4.36. The summed E-state index contributed by atoms with van der Waals surface area (Å²) in [4.78, 5) is 29.4. The van der Waals surface area contributed by atoms with E-state index in [9.17, 15) is 9.59 Å². The largest absolute Gasteiger partial charge is 0.331 e. The van der Waals surface area contributed by atoms with Crippen molar-refractivity contribution in [1.82, 2.24) is 20.1 Å². The van der Waals surface area contributed by atoms with Gasteiger partial charge in [-0.1, -0.05) is 6.92 Å². The molecule has 98 valence electrons. The van der Waals surface area contributed by atoms with E-state index in [1.165, 1.54) is 6.33 Å². The van der Waals surface area contributed by atoms with E-state index in [2.05, 4.69) is 20.5 Å². The molecule has 1 aliphatic rings. The number of anilines is 1. The minimum Gasteiger partial charge on any atom is -0.331 e. The SMILES string of the molecule is CCC(=O)N1CCCCC1C(=O)Nc1ncn[nH]1. The average molecular weight is 251 g/mol. The first-order chi connectivity index (χ1) is 8.72. The number of H-pyrrole nitrogens is 1. The quantitative estimate of drug-likeness (QED) is 0.820. The fraction of sp³-hybridized carbons (Fsp3) is 0.636. The maximum atomic E-state index is 12.1. The summed E-state index contributed by atoms with van der Waals surface area (Å²) >= 11 is 0. The van der Waals surface area contributed by atoms with Crippen LogP contribution in [0.25, 0.3) is 0 Å². The van der Waals surface area contributed by atoms with Gasteiger partial charge in [0.25, 0.3) is 0 Å². The minimum atomic E-state index is -0.392. The van der Waals surface area contributed by atoms with Crippen molar-refractivity contribution in [3.05, 3.63) is 6.33 Å². The molecule has 0 aliphatic carbocycles. The van der Waals surface area contributed by atoms with Crippen molar-refractivity contribution in [2.45, 2.75) is 38.6 Å². The normalized spacial score (nSPS) is 19.6. The van der Waals surface area contributed by atoms with Gasteiger partial charge in [-0.2, -0.15) is 10.1 Å². The molecule has 2 N–H and O–H groups in total. The summed E-state index contributed by atoms with van der Waals surface area (Å²) in [5.41, 5.74) is 0. The second kappa shape index (κ2) is 5.61. The van der Waals surface area contributed by atoms with Gasteiger partial charge in [0.15, 0.2) is 0 Å². The minimum absolute atomic E-state index is 0.0208. The van der Waals surface area contributed by atoms with Crippen LogP contribution in [0.5, 0.6) is 0 Å². The molecule has 7 nitrogen and oxygen atoms in total. The number of nitrogens with zero attached hydrogens (tertiary/aromatic N) is 3. The maximum absolute atomic E-state index is 12.1. The molecule has 1 saturated heterocycles. The Bertz CT molecular complexity index is 417. The maximum Gasteiger partial charge on any atom is 0.249 e. The van der Waals surface area contributed by atoms with Crippen LogP contribution in [-0.2, 0) is 9.59 Å². The first-order valence-electron chi connectivity index (χ1n) is 6.18. The third-order valence-electron chi connectivity index (χ3n) is 3.08. The number of carbonyl (C=O) groups is 2. The van der Waals surface area contributed by atoms with Crippen LogP contribution in [0, 0.1) is 0 Å². The lowest BCUT2D eigenvalue weighted by atomic mass is 10.0. The third kappa shape index (κ3) is 2.66. The Kier molecular flexibility index (Phi) is 3.91. The molecule has 0 bridgehead atoms. The molecule has 0 saturated carbocycles. The van der Waals surface area contributed by atoms with Crippen molar-refractivity contribution < 1.29 is 9.59 Å². The molecule has 2 heterocycles. The van der Waals surface area contributed by atoms with E-state index >= 15 is 0 Å². The van der Waals surface area contributed by atoms with Crippen LogP contribution in [0.4, 0.5) is 5.95 Å². The fourth-order valence-electron chi connectivity index (χ4n) is 2.17. The molecule has 18 heavy (non-hydrogen) atoms. The molecule has 1 unspecified atom stereocenters. The number of amides is 2. The molecule has 1 aliphatic heterocycles. The smallest absolute Gasteiger partial charge is 0.249 e. The summed E-state index contributed by atoms with van der Waals surface area (Å²) in [7, 11) is 0. The lowest BCUT2D eigenvalue weighted by Crippen LogP contribution is -2.49. The molecule has 1 fully saturated rings. The van der Waals surface area contributed by atoms with Gasteiger partial charge in [0.2, 0.25) is 17.8 Å². The van der Waals surface area contributed by atoms with Crippen molar-refractivity contribution in [3.63, 3.8) is 0 Å². The zero-order chi connectivity index (χ0) is 13.0. The summed E-state index contributed by atoms with van der Waals surface area (Å²) in [5.74, 6) is 0.134. The van der Waals surface area contributed by atoms with E-state index in [1.807, 2.05) is 6.92 Å². The van der Waals surface area contributed by atoms with Gasteiger partial charge in [0.05, 0.1) is 0 Å². The highest BCUT2D eigenvalue weighted by Gasteiger charge is 2.31. The van der Waals surface area contributed by atoms with Gasteiger partial charge in [0, 0.05) is 13.0 Å². The number of hydrogen-bond donors (Lipinski definition) is 2. The van der Waals surface area contributed by atoms with Crippen molar-refractivity contribution in [2.75, 3.05) is 11.9 Å². The summed E-state index contributed by atoms with van der Waals surface area (Å²) in [6.45, 7) is 2.46. The van der Waals surface area contributed by atoms with Crippen molar-refractivity contribution >= 4 is 17.8 Å². The van der Waals surface area contributed by atoms with Gasteiger partial charge >= 0.3 is 0 Å². The number of carbonyl (C=O) groups excluding carboxylic acids is 2. The van der Waals surface area contributed by atoms with Crippen molar-refractivity contribution in [3.8, 4) is 0 Å². The van der Waals surface area contributed by atoms with E-state index in [0.29, 0.717) is 25.3 Å². The lowest BCUT2D eigenvalue weighted by Gasteiger charge is -2.34. The molecule has 2 amide bonds. The zero-order valence-corrected chi connectivity index (χ0v) is 10.3. The Labute approximate surface area is 105 Å². The van der Waals surface area contributed by atoms with Crippen LogP contribution in [0.3, 0.4) is 0 Å². The number of likely N-dealkylation sites (tertiary alicyclic amines) is 1. The standard InChI is InChI=1S/C11H17N5O2/c1-2-9(17)16-6-4-3-5-8(16)10(18)14-11-12-7-13-15-11/h7-8H,2-6H2,1H3,(H2,12,13,14,15,18). The van der Waals surface area contributed by atoms with E-state index in [-0.39, 0.29) is 11.8 Å². The van der Waals surface area contributed by atoms with Gasteiger partial charge in [-0.05, 0) is 19.3 Å². The van der Waals surface area contributed by atoms with E-state index in [0.717, 1.165) is 12.8 Å². The first-order valence-corrected chi connectivity index (χ1v) is 6.18. The van der Waals surface area contributed by atoms with Crippen LogP contribution in [0.15, 0.2) is 6.33 Å². The second-order valence-electron chi connectivity index (χ2n) is 4.28. The van der Waals surface area contributed by atoms with Gasteiger partial charge in [-0.25, -0.2) is 5.10 Å². The van der Waals surface area contributed by atoms with E-state index in [1.54, 1.807) is 4.90 Å². The highest BCUT2D eigenvalue weighted by molar-refractivity contribution is 5.96. The van der Waals surface area contributed by atoms with Crippen molar-refractivity contribution in [1.29, 1.82) is 0 Å². The predicted molar refractivity (Wildman–Crippen MR) is 64.7 cm³/mol. The summed E-state index contributed by atoms with van der Waals surface area (Å²) in [5, 5.41) is 8.87. The van der Waals surface area contributed by atoms with Crippen LogP contribution in [0.2, 0.25) is 0 Å². The highest BCUT2D eigenvalue weighted by atomic mass is 16.2. The number of aromatic nitrogens is 3. The second-order valence-corrected chi connectivity index (χ2v) is 4.28. The Morgan fingerprint density at radius 1 is 1.56 bits per heavy atom. The molecule has 1 aromatic heterocycles. The Hall–Kier alpha value is -1.92. The first kappa shape index (κ1) is 12.5. The van der Waals surface area contributed by atoms with Gasteiger partial charge in [-0.15, -0.1) is 0 Å². The summed E-state index contributed by atoms with van der Waals surface area (Å²) in [6, 6.07) is -0.392. The molecule has 7 heteroatoms. The van der Waals surface area contributed by atoms with Gasteiger partial charge < -0.3 is 4.90 Å². The van der Waals surface area contributed by atoms with Crippen molar-refractivity contribution in [2.24, 2.45) is 0 Å². The van der Waals surface area contributed by atoms with E-state index in [4.69, 9.17) is 0 Å². The number of nitrogens with one attached hydrogen (secondary N) is 2. The molecule has 1 aromatic rings. The zero-order valence-electron chi connectivity index (χ0n) is 10.3. The number of piperidine rings is 1. The van der Waals surface area contributed by atoms with Crippen LogP contribution < -0.4 is 5.32 Å². The molecule has 2 rings (SSSR count). The lowest BCUT2D eigenvalue weighted by molar-refractivity contribution is -0.140. The van der Waals surface area contributed by atoms with Crippen LogP contribution in [-0.4, -0.2) is 44.5 Å². The molecular weight excluding hydrogens is 234 g/mol. The third-order valence-corrected chi connectivity index (χ3v) is 3.08. The Morgan fingerprint density at radius 2 is 2.39 bits per heavy atom. The molecule has 0 spiro atoms. The topological polar surface area (TPSA) is 91.0 Å². The predicted octanol–water partition coefficient (Wildman–Crippen LogP) is 0.534. The monoisotopic (exact) mass is 251 g/mol. The average Bonchev–Trinajstić information content (AvgIpc) is 2.90. The Balaban J connectivity index is 2.04. The van der Waals surface area contributed by atoms with Crippen LogP contribution >= 0.6 is 0 Å². The number of aromatic amines is 1.